The quantitative estimate of drug-likeness (QED) is 0.435. The number of phenolic OH excluding ortho intramolecular Hbond substituents is 1. The highest BCUT2D eigenvalue weighted by atomic mass is 35.5. The molecule has 8 heteroatoms. The van der Waals surface area contributed by atoms with Crippen LogP contribution in [0.1, 0.15) is 0 Å². The number of halogens is 1. The number of nitrogens with zero attached hydrogens (tertiary/aromatic N) is 4. The molecule has 1 saturated heterocycles. The van der Waals surface area contributed by atoms with Gasteiger partial charge in [0.15, 0.2) is 0 Å². The summed E-state index contributed by atoms with van der Waals surface area (Å²) in [5.74, 6) is 1.01. The van der Waals surface area contributed by atoms with Crippen molar-refractivity contribution in [1.29, 1.82) is 0 Å². The van der Waals surface area contributed by atoms with Crippen molar-refractivity contribution in [2.24, 2.45) is 0 Å². The fourth-order valence-electron chi connectivity index (χ4n) is 4.05. The summed E-state index contributed by atoms with van der Waals surface area (Å²) in [6.45, 7) is 3.33. The number of rotatable bonds is 5. The van der Waals surface area contributed by atoms with Crippen LogP contribution >= 0.6 is 11.6 Å². The molecule has 2 heterocycles. The summed E-state index contributed by atoms with van der Waals surface area (Å²) in [6, 6.07) is 21.5. The average molecular weight is 489 g/mol. The van der Waals surface area contributed by atoms with Crippen LogP contribution in [-0.2, 0) is 0 Å². The van der Waals surface area contributed by atoms with Crippen molar-refractivity contribution in [3.8, 4) is 34.1 Å². The second-order valence-corrected chi connectivity index (χ2v) is 8.95. The van der Waals surface area contributed by atoms with Gasteiger partial charge in [-0.3, -0.25) is 4.79 Å². The van der Waals surface area contributed by atoms with Crippen molar-refractivity contribution in [2.75, 3.05) is 38.1 Å². The van der Waals surface area contributed by atoms with Gasteiger partial charge in [-0.05, 0) is 66.7 Å². The van der Waals surface area contributed by atoms with Gasteiger partial charge in [0.1, 0.15) is 17.2 Å². The van der Waals surface area contributed by atoms with Gasteiger partial charge in [0, 0.05) is 31.2 Å². The Morgan fingerprint density at radius 2 is 1.46 bits per heavy atom. The molecule has 1 N–H and O–H groups in total. The molecule has 0 saturated carbocycles. The van der Waals surface area contributed by atoms with Crippen LogP contribution in [0.2, 0.25) is 5.02 Å². The van der Waals surface area contributed by atoms with Crippen molar-refractivity contribution in [1.82, 2.24) is 14.7 Å². The van der Waals surface area contributed by atoms with E-state index in [9.17, 15) is 9.90 Å². The highest BCUT2D eigenvalue weighted by Crippen LogP contribution is 2.31. The summed E-state index contributed by atoms with van der Waals surface area (Å²) < 4.78 is 7.55. The van der Waals surface area contributed by atoms with Gasteiger partial charge in [-0.2, -0.15) is 9.78 Å². The molecule has 7 nitrogen and oxygen atoms in total. The Labute approximate surface area is 208 Å². The fourth-order valence-corrected chi connectivity index (χ4v) is 4.18. The van der Waals surface area contributed by atoms with Gasteiger partial charge in [0.2, 0.25) is 5.75 Å². The molecule has 3 aromatic carbocycles. The lowest BCUT2D eigenvalue weighted by Crippen LogP contribution is -2.45. The number of anilines is 1. The molecule has 1 aliphatic heterocycles. The minimum atomic E-state index is -0.341. The Morgan fingerprint density at radius 1 is 0.857 bits per heavy atom. The number of likely N-dealkylation sites (N-methyl/N-ethyl adjacent to an activating group) is 1. The average Bonchev–Trinajstić information content (AvgIpc) is 2.87. The molecule has 4 aromatic rings. The van der Waals surface area contributed by atoms with E-state index < -0.39 is 0 Å². The number of piperazine rings is 1. The number of hydrogen-bond acceptors (Lipinski definition) is 6. The van der Waals surface area contributed by atoms with Crippen molar-refractivity contribution in [3.05, 3.63) is 94.4 Å². The molecular formula is C27H25ClN4O3. The summed E-state index contributed by atoms with van der Waals surface area (Å²) >= 11 is 6.03. The first kappa shape index (κ1) is 23.0. The minimum Gasteiger partial charge on any atom is -0.508 e. The van der Waals surface area contributed by atoms with Crippen LogP contribution < -0.4 is 15.2 Å². The Kier molecular flexibility index (Phi) is 6.44. The third-order valence-electron chi connectivity index (χ3n) is 6.10. The smallest absolute Gasteiger partial charge is 0.316 e. The molecular weight excluding hydrogens is 464 g/mol. The van der Waals surface area contributed by atoms with Crippen LogP contribution in [0.25, 0.3) is 16.8 Å². The van der Waals surface area contributed by atoms with E-state index in [2.05, 4.69) is 21.9 Å². The Balaban J connectivity index is 1.51. The molecule has 35 heavy (non-hydrogen) atoms. The maximum absolute atomic E-state index is 13.6. The Bertz CT molecular complexity index is 1360. The second kappa shape index (κ2) is 9.82. The molecule has 0 aliphatic carbocycles. The number of aromatic nitrogens is 2. The highest BCUT2D eigenvalue weighted by Gasteiger charge is 2.23. The zero-order valence-electron chi connectivity index (χ0n) is 19.3. The summed E-state index contributed by atoms with van der Waals surface area (Å²) in [6.07, 6.45) is 1.70. The predicted octanol–water partition coefficient (Wildman–Crippen LogP) is 4.80. The number of aromatic hydroxyl groups is 1. The first-order valence-electron chi connectivity index (χ1n) is 11.4. The van der Waals surface area contributed by atoms with Gasteiger partial charge in [0.05, 0.1) is 11.9 Å². The molecule has 1 fully saturated rings. The summed E-state index contributed by atoms with van der Waals surface area (Å²) in [5.41, 5.74) is 2.89. The van der Waals surface area contributed by atoms with Gasteiger partial charge in [-0.25, -0.2) is 0 Å². The van der Waals surface area contributed by atoms with Crippen LogP contribution in [-0.4, -0.2) is 53.0 Å². The van der Waals surface area contributed by atoms with E-state index >= 15 is 0 Å². The van der Waals surface area contributed by atoms with E-state index in [1.165, 1.54) is 4.68 Å². The van der Waals surface area contributed by atoms with Crippen LogP contribution in [0.5, 0.6) is 17.2 Å². The molecule has 0 unspecified atom stereocenters. The van der Waals surface area contributed by atoms with E-state index in [1.54, 1.807) is 42.6 Å². The summed E-state index contributed by atoms with van der Waals surface area (Å²) in [4.78, 5) is 18.0. The molecule has 1 aliphatic rings. The van der Waals surface area contributed by atoms with E-state index in [0.29, 0.717) is 22.1 Å². The van der Waals surface area contributed by atoms with Gasteiger partial charge >= 0.3 is 5.56 Å². The minimum absolute atomic E-state index is 0.222. The topological polar surface area (TPSA) is 70.8 Å². The van der Waals surface area contributed by atoms with Crippen LogP contribution in [0.4, 0.5) is 5.69 Å². The summed E-state index contributed by atoms with van der Waals surface area (Å²) in [5, 5.41) is 14.6. The SMILES string of the molecule is CN1CCN(c2cnn(-c3ccc(Cl)cc3)c(=O)c2Oc2ccc(-c3ccc(O)cc3)cc2)CC1. The van der Waals surface area contributed by atoms with Gasteiger partial charge in [-0.1, -0.05) is 35.9 Å². The second-order valence-electron chi connectivity index (χ2n) is 8.52. The van der Waals surface area contributed by atoms with Crippen LogP contribution in [0, 0.1) is 0 Å². The predicted molar refractivity (Wildman–Crippen MR) is 138 cm³/mol. The highest BCUT2D eigenvalue weighted by molar-refractivity contribution is 6.30. The van der Waals surface area contributed by atoms with Crippen molar-refractivity contribution in [3.63, 3.8) is 0 Å². The van der Waals surface area contributed by atoms with Crippen molar-refractivity contribution >= 4 is 17.3 Å². The van der Waals surface area contributed by atoms with Crippen molar-refractivity contribution in [2.45, 2.75) is 0 Å². The molecule has 0 bridgehead atoms. The van der Waals surface area contributed by atoms with Crippen LogP contribution in [0.15, 0.2) is 83.8 Å². The third-order valence-corrected chi connectivity index (χ3v) is 6.36. The zero-order valence-corrected chi connectivity index (χ0v) is 20.0. The third kappa shape index (κ3) is 5.01. The molecule has 0 radical (unpaired) electrons. The lowest BCUT2D eigenvalue weighted by Gasteiger charge is -2.34. The Hall–Kier alpha value is -3.81. The summed E-state index contributed by atoms with van der Waals surface area (Å²) in [7, 11) is 2.08. The first-order chi connectivity index (χ1) is 17.0. The normalized spacial score (nSPS) is 14.2. The molecule has 1 aromatic heterocycles. The number of benzene rings is 3. The molecule has 178 valence electrons. The van der Waals surface area contributed by atoms with E-state index in [4.69, 9.17) is 16.3 Å². The fraction of sp³-hybridized carbons (Fsp3) is 0.185. The molecule has 0 amide bonds. The number of hydrogen-bond donors (Lipinski definition) is 1. The standard InChI is InChI=1S/C27H25ClN4O3/c1-30-14-16-31(17-15-30)25-18-29-32(22-8-6-21(28)7-9-22)27(34)26(25)35-24-12-4-20(5-13-24)19-2-10-23(33)11-3-19/h2-13,18,33H,14-17H2,1H3. The number of phenols is 1. The van der Waals surface area contributed by atoms with Gasteiger partial charge in [0.25, 0.3) is 0 Å². The maximum atomic E-state index is 13.6. The largest absolute Gasteiger partial charge is 0.508 e. The molecule has 0 atom stereocenters. The number of ether oxygens (including phenoxy) is 1. The lowest BCUT2D eigenvalue weighted by atomic mass is 10.1. The van der Waals surface area contributed by atoms with Gasteiger partial charge < -0.3 is 19.6 Å². The zero-order chi connectivity index (χ0) is 24.4. The van der Waals surface area contributed by atoms with E-state index in [-0.39, 0.29) is 17.1 Å². The van der Waals surface area contributed by atoms with Gasteiger partial charge in [-0.15, -0.1) is 0 Å². The van der Waals surface area contributed by atoms with Crippen molar-refractivity contribution < 1.29 is 9.84 Å². The van der Waals surface area contributed by atoms with Crippen LogP contribution in [0.3, 0.4) is 0 Å². The maximum Gasteiger partial charge on any atom is 0.316 e. The lowest BCUT2D eigenvalue weighted by molar-refractivity contribution is 0.311. The monoisotopic (exact) mass is 488 g/mol. The molecule has 0 spiro atoms. The Morgan fingerprint density at radius 3 is 2.09 bits per heavy atom. The molecule has 5 rings (SSSR count). The van der Waals surface area contributed by atoms with E-state index in [0.717, 1.165) is 37.3 Å². The van der Waals surface area contributed by atoms with E-state index in [1.807, 2.05) is 36.4 Å². The first-order valence-corrected chi connectivity index (χ1v) is 11.7.